The van der Waals surface area contributed by atoms with Crippen LogP contribution in [0.1, 0.15) is 41.6 Å². The van der Waals surface area contributed by atoms with Gasteiger partial charge < -0.3 is 5.32 Å². The molecule has 1 unspecified atom stereocenters. The van der Waals surface area contributed by atoms with Crippen molar-refractivity contribution in [1.82, 2.24) is 9.29 Å². The monoisotopic (exact) mass is 345 g/mol. The van der Waals surface area contributed by atoms with Crippen molar-refractivity contribution in [2.24, 2.45) is 0 Å². The third kappa shape index (κ3) is 3.71. The van der Waals surface area contributed by atoms with Crippen molar-refractivity contribution in [3.05, 3.63) is 10.6 Å². The second-order valence-electron chi connectivity index (χ2n) is 5.36. The van der Waals surface area contributed by atoms with E-state index >= 15 is 0 Å². The van der Waals surface area contributed by atoms with Gasteiger partial charge in [0.25, 0.3) is 0 Å². The number of aryl methyl sites for hydroxylation is 1. The van der Waals surface area contributed by atoms with Gasteiger partial charge in [0.05, 0.1) is 16.8 Å². The molecule has 1 aromatic heterocycles. The number of hydrogen-bond donors (Lipinski definition) is 1. The van der Waals surface area contributed by atoms with Crippen LogP contribution in [-0.2, 0) is 14.8 Å². The Bertz CT molecular complexity index is 696. The van der Waals surface area contributed by atoms with Crippen molar-refractivity contribution in [2.45, 2.75) is 39.2 Å². The topological polar surface area (TPSA) is 96.4 Å². The Morgan fingerprint density at radius 1 is 1.36 bits per heavy atom. The molecule has 0 aliphatic carbocycles. The molecule has 0 saturated carbocycles. The van der Waals surface area contributed by atoms with Gasteiger partial charge in [0.1, 0.15) is 6.04 Å². The molecule has 0 bridgehead atoms. The number of carbonyl (C=O) groups excluding carboxylic acids is 2. The Morgan fingerprint density at radius 3 is 2.59 bits per heavy atom. The van der Waals surface area contributed by atoms with E-state index in [0.717, 1.165) is 30.4 Å². The molecule has 0 spiro atoms. The van der Waals surface area contributed by atoms with Crippen LogP contribution in [-0.4, -0.2) is 48.2 Å². The Hall–Kier alpha value is -1.32. The highest BCUT2D eigenvalue weighted by atomic mass is 32.2. The van der Waals surface area contributed by atoms with Gasteiger partial charge in [-0.05, 0) is 19.8 Å². The van der Waals surface area contributed by atoms with Crippen molar-refractivity contribution in [2.75, 3.05) is 18.1 Å². The molecule has 2 rings (SSSR count). The first kappa shape index (κ1) is 17.0. The van der Waals surface area contributed by atoms with Gasteiger partial charge in [0.15, 0.2) is 10.9 Å². The molecular weight excluding hydrogens is 326 g/mol. The van der Waals surface area contributed by atoms with Crippen molar-refractivity contribution in [3.63, 3.8) is 0 Å². The molecule has 1 N–H and O–H groups in total. The molecule has 0 radical (unpaired) electrons. The highest BCUT2D eigenvalue weighted by Gasteiger charge is 2.34. The van der Waals surface area contributed by atoms with E-state index in [-0.39, 0.29) is 5.78 Å². The number of nitrogens with zero attached hydrogens (tertiary/aromatic N) is 2. The largest absolute Gasteiger partial charge is 0.301 e. The van der Waals surface area contributed by atoms with E-state index in [2.05, 4.69) is 10.3 Å². The number of carbonyl (C=O) groups is 2. The van der Waals surface area contributed by atoms with E-state index in [1.807, 2.05) is 0 Å². The Kier molecular flexibility index (Phi) is 4.98. The van der Waals surface area contributed by atoms with Crippen LogP contribution in [0.5, 0.6) is 0 Å². The summed E-state index contributed by atoms with van der Waals surface area (Å²) in [6.07, 6.45) is 3.16. The molecule has 22 heavy (non-hydrogen) atoms. The number of nitrogens with one attached hydrogen (secondary N) is 1. The number of rotatable bonds is 4. The molecule has 1 atom stereocenters. The summed E-state index contributed by atoms with van der Waals surface area (Å²) in [6, 6.07) is -0.714. The molecule has 0 aromatic carbocycles. The minimum absolute atomic E-state index is 0.106. The first-order valence-corrected chi connectivity index (χ1v) is 9.62. The smallest absolute Gasteiger partial charge is 0.244 e. The summed E-state index contributed by atoms with van der Waals surface area (Å²) in [5, 5.41) is 2.97. The van der Waals surface area contributed by atoms with Crippen molar-refractivity contribution < 1.29 is 18.0 Å². The lowest BCUT2D eigenvalue weighted by Crippen LogP contribution is -2.49. The second kappa shape index (κ2) is 6.43. The number of thiazole rings is 1. The van der Waals surface area contributed by atoms with Gasteiger partial charge in [-0.1, -0.05) is 17.8 Å². The number of Topliss-reactive ketones (excluding diaryl/α,β-unsaturated/α-hetero) is 1. The van der Waals surface area contributed by atoms with Gasteiger partial charge in [-0.3, -0.25) is 9.59 Å². The Balaban J connectivity index is 2.17. The zero-order valence-corrected chi connectivity index (χ0v) is 14.4. The highest BCUT2D eigenvalue weighted by molar-refractivity contribution is 7.88. The molecule has 122 valence electrons. The maximum atomic E-state index is 12.4. The zero-order chi connectivity index (χ0) is 16.5. The molecule has 7 nitrogen and oxygen atoms in total. The van der Waals surface area contributed by atoms with Crippen molar-refractivity contribution in [3.8, 4) is 0 Å². The third-order valence-corrected chi connectivity index (χ3v) is 5.99. The van der Waals surface area contributed by atoms with Gasteiger partial charge in [0.2, 0.25) is 15.9 Å². The van der Waals surface area contributed by atoms with E-state index < -0.39 is 22.0 Å². The summed E-state index contributed by atoms with van der Waals surface area (Å²) in [5.41, 5.74) is 0.566. The molecule has 9 heteroatoms. The molecular formula is C13H19N3O4S2. The number of anilines is 1. The number of piperidine rings is 1. The van der Waals surface area contributed by atoms with Crippen LogP contribution in [0, 0.1) is 6.92 Å². The predicted molar refractivity (Wildman–Crippen MR) is 84.7 cm³/mol. The molecule has 1 fully saturated rings. The maximum absolute atomic E-state index is 12.4. The van der Waals surface area contributed by atoms with E-state index in [1.165, 1.54) is 11.2 Å². The molecule has 1 saturated heterocycles. The van der Waals surface area contributed by atoms with Crippen LogP contribution in [0.2, 0.25) is 0 Å². The van der Waals surface area contributed by atoms with E-state index in [0.29, 0.717) is 28.7 Å². The lowest BCUT2D eigenvalue weighted by molar-refractivity contribution is -0.120. The summed E-state index contributed by atoms with van der Waals surface area (Å²) in [4.78, 5) is 28.5. The maximum Gasteiger partial charge on any atom is 0.244 e. The predicted octanol–water partition coefficient (Wildman–Crippen LogP) is 1.41. The van der Waals surface area contributed by atoms with Crippen LogP contribution < -0.4 is 5.32 Å². The lowest BCUT2D eigenvalue weighted by atomic mass is 10.0. The quantitative estimate of drug-likeness (QED) is 0.832. The van der Waals surface area contributed by atoms with Crippen molar-refractivity contribution in [1.29, 1.82) is 0 Å². The van der Waals surface area contributed by atoms with Gasteiger partial charge in [-0.15, -0.1) is 0 Å². The number of ketones is 1. The summed E-state index contributed by atoms with van der Waals surface area (Å²) >= 11 is 1.11. The zero-order valence-electron chi connectivity index (χ0n) is 12.7. The molecule has 1 amide bonds. The number of sulfonamides is 1. The van der Waals surface area contributed by atoms with E-state index in [4.69, 9.17) is 0 Å². The van der Waals surface area contributed by atoms with Crippen LogP contribution in [0.15, 0.2) is 0 Å². The van der Waals surface area contributed by atoms with Crippen LogP contribution in [0.25, 0.3) is 0 Å². The van der Waals surface area contributed by atoms with Crippen molar-refractivity contribution >= 4 is 38.2 Å². The van der Waals surface area contributed by atoms with Gasteiger partial charge >= 0.3 is 0 Å². The Labute approximate surface area is 133 Å². The fraction of sp³-hybridized carbons (Fsp3) is 0.615. The van der Waals surface area contributed by atoms with E-state index in [1.54, 1.807) is 6.92 Å². The fourth-order valence-corrected chi connectivity index (χ4v) is 4.52. The van der Waals surface area contributed by atoms with Crippen LogP contribution in [0.3, 0.4) is 0 Å². The average molecular weight is 345 g/mol. The normalized spacial score (nSPS) is 19.9. The highest BCUT2D eigenvalue weighted by Crippen LogP contribution is 2.25. The summed E-state index contributed by atoms with van der Waals surface area (Å²) in [5.74, 6) is -0.500. The molecule has 2 heterocycles. The van der Waals surface area contributed by atoms with Crippen LogP contribution >= 0.6 is 11.3 Å². The first-order valence-electron chi connectivity index (χ1n) is 6.96. The third-order valence-electron chi connectivity index (χ3n) is 3.53. The number of hydrogen-bond acceptors (Lipinski definition) is 6. The standard InChI is InChI=1S/C13H19N3O4S2/c1-8-11(9(2)17)21-13(14-8)15-12(18)10-6-4-5-7-16(10)22(3,19)20/h10H,4-7H2,1-3H3,(H,14,15,18). The summed E-state index contributed by atoms with van der Waals surface area (Å²) in [7, 11) is -3.43. The minimum Gasteiger partial charge on any atom is -0.301 e. The summed E-state index contributed by atoms with van der Waals surface area (Å²) in [6.45, 7) is 3.50. The SMILES string of the molecule is CC(=O)c1sc(NC(=O)C2CCCCN2S(C)(=O)=O)nc1C. The molecule has 1 aliphatic rings. The fourth-order valence-electron chi connectivity index (χ4n) is 2.53. The Morgan fingerprint density at radius 2 is 2.05 bits per heavy atom. The number of amides is 1. The second-order valence-corrected chi connectivity index (χ2v) is 8.30. The minimum atomic E-state index is -3.43. The summed E-state index contributed by atoms with van der Waals surface area (Å²) < 4.78 is 24.8. The molecule has 1 aliphatic heterocycles. The average Bonchev–Trinajstić information content (AvgIpc) is 2.78. The van der Waals surface area contributed by atoms with Gasteiger partial charge in [-0.2, -0.15) is 4.31 Å². The number of aromatic nitrogens is 1. The van der Waals surface area contributed by atoms with Gasteiger partial charge in [0, 0.05) is 13.5 Å². The van der Waals surface area contributed by atoms with Crippen LogP contribution in [0.4, 0.5) is 5.13 Å². The molecule has 1 aromatic rings. The van der Waals surface area contributed by atoms with Gasteiger partial charge in [-0.25, -0.2) is 13.4 Å². The first-order chi connectivity index (χ1) is 10.2. The lowest BCUT2D eigenvalue weighted by Gasteiger charge is -2.32. The van der Waals surface area contributed by atoms with E-state index in [9.17, 15) is 18.0 Å².